The summed E-state index contributed by atoms with van der Waals surface area (Å²) in [6.45, 7) is 11.6. The van der Waals surface area contributed by atoms with Crippen LogP contribution in [-0.2, 0) is 11.3 Å². The number of piperidine rings is 1. The minimum atomic E-state index is -0.458. The van der Waals surface area contributed by atoms with Crippen molar-refractivity contribution in [2.45, 2.75) is 58.7 Å². The molecule has 1 amide bonds. The third-order valence-corrected chi connectivity index (χ3v) is 4.11. The zero-order chi connectivity index (χ0) is 16.9. The first kappa shape index (κ1) is 17.7. The molecule has 0 radical (unpaired) electrons. The van der Waals surface area contributed by atoms with E-state index in [0.717, 1.165) is 39.0 Å². The van der Waals surface area contributed by atoms with E-state index in [1.54, 1.807) is 12.7 Å². The van der Waals surface area contributed by atoms with Crippen molar-refractivity contribution in [1.82, 2.24) is 25.0 Å². The summed E-state index contributed by atoms with van der Waals surface area (Å²) in [5.74, 6) is 0.451. The fraction of sp³-hybridized carbons (Fsp3) is 0.812. The van der Waals surface area contributed by atoms with Crippen molar-refractivity contribution < 1.29 is 9.53 Å². The molecule has 1 saturated heterocycles. The molecule has 0 bridgehead atoms. The number of carbonyl (C=O) groups is 1. The van der Waals surface area contributed by atoms with Gasteiger partial charge >= 0.3 is 6.09 Å². The molecule has 7 heteroatoms. The van der Waals surface area contributed by atoms with Gasteiger partial charge in [0.05, 0.1) is 6.54 Å². The maximum absolute atomic E-state index is 11.9. The van der Waals surface area contributed by atoms with Gasteiger partial charge in [0.25, 0.3) is 0 Å². The molecule has 1 aliphatic heterocycles. The van der Waals surface area contributed by atoms with Crippen molar-refractivity contribution in [2.24, 2.45) is 5.92 Å². The van der Waals surface area contributed by atoms with Gasteiger partial charge in [0, 0.05) is 19.1 Å². The molecule has 0 saturated carbocycles. The molecule has 1 aliphatic rings. The summed E-state index contributed by atoms with van der Waals surface area (Å²) >= 11 is 0. The monoisotopic (exact) mass is 323 g/mol. The largest absolute Gasteiger partial charge is 0.444 e. The zero-order valence-corrected chi connectivity index (χ0v) is 14.7. The van der Waals surface area contributed by atoms with Crippen LogP contribution >= 0.6 is 0 Å². The summed E-state index contributed by atoms with van der Waals surface area (Å²) in [5, 5.41) is 7.11. The molecule has 2 heterocycles. The average molecular weight is 323 g/mol. The Balaban J connectivity index is 1.76. The quantitative estimate of drug-likeness (QED) is 0.896. The highest BCUT2D eigenvalue weighted by Gasteiger charge is 2.27. The number of nitrogens with one attached hydrogen (secondary N) is 1. The van der Waals surface area contributed by atoms with Gasteiger partial charge in [-0.3, -0.25) is 4.68 Å². The van der Waals surface area contributed by atoms with Gasteiger partial charge in [-0.1, -0.05) is 0 Å². The molecule has 23 heavy (non-hydrogen) atoms. The highest BCUT2D eigenvalue weighted by molar-refractivity contribution is 5.68. The van der Waals surface area contributed by atoms with E-state index in [1.165, 1.54) is 0 Å². The van der Waals surface area contributed by atoms with E-state index >= 15 is 0 Å². The van der Waals surface area contributed by atoms with Crippen LogP contribution in [0.3, 0.4) is 0 Å². The van der Waals surface area contributed by atoms with E-state index in [9.17, 15) is 4.79 Å². The molecular formula is C16H29N5O2. The minimum Gasteiger partial charge on any atom is -0.444 e. The minimum absolute atomic E-state index is 0.110. The number of hydrogen-bond donors (Lipinski definition) is 1. The first-order chi connectivity index (χ1) is 10.8. The number of carbonyl (C=O) groups excluding carboxylic acids is 1. The molecule has 0 unspecified atom stereocenters. The van der Waals surface area contributed by atoms with Crippen molar-refractivity contribution in [2.75, 3.05) is 19.6 Å². The Morgan fingerprint density at radius 2 is 2.22 bits per heavy atom. The number of amides is 1. The highest BCUT2D eigenvalue weighted by atomic mass is 16.6. The second-order valence-corrected chi connectivity index (χ2v) is 7.30. The third-order valence-electron chi connectivity index (χ3n) is 4.11. The lowest BCUT2D eigenvalue weighted by atomic mass is 9.91. The van der Waals surface area contributed by atoms with Gasteiger partial charge < -0.3 is 15.0 Å². The van der Waals surface area contributed by atoms with Gasteiger partial charge in [0.1, 0.15) is 18.3 Å². The topological polar surface area (TPSA) is 72.3 Å². The summed E-state index contributed by atoms with van der Waals surface area (Å²) in [4.78, 5) is 18.3. The second-order valence-electron chi connectivity index (χ2n) is 7.30. The fourth-order valence-electron chi connectivity index (χ4n) is 2.91. The van der Waals surface area contributed by atoms with Crippen molar-refractivity contribution in [3.63, 3.8) is 0 Å². The maximum Gasteiger partial charge on any atom is 0.407 e. The number of aromatic nitrogens is 3. The number of alkyl carbamates (subject to hydrolysis) is 1. The number of nitrogens with zero attached hydrogens (tertiary/aromatic N) is 4. The average Bonchev–Trinajstić information content (AvgIpc) is 2.96. The van der Waals surface area contributed by atoms with Crippen LogP contribution in [0.1, 0.15) is 40.5 Å². The highest BCUT2D eigenvalue weighted by Crippen LogP contribution is 2.20. The van der Waals surface area contributed by atoms with Gasteiger partial charge in [0.15, 0.2) is 0 Å². The Bertz CT molecular complexity index is 483. The van der Waals surface area contributed by atoms with Gasteiger partial charge in [-0.05, 0) is 53.0 Å². The van der Waals surface area contributed by atoms with Crippen molar-refractivity contribution in [3.05, 3.63) is 12.7 Å². The van der Waals surface area contributed by atoms with E-state index in [0.29, 0.717) is 5.92 Å². The van der Waals surface area contributed by atoms with Crippen molar-refractivity contribution >= 4 is 6.09 Å². The van der Waals surface area contributed by atoms with Crippen LogP contribution in [0, 0.1) is 5.92 Å². The Hall–Kier alpha value is -1.63. The molecule has 2 atom stereocenters. The molecular weight excluding hydrogens is 294 g/mol. The van der Waals surface area contributed by atoms with Crippen LogP contribution in [0.4, 0.5) is 4.79 Å². The van der Waals surface area contributed by atoms with Crippen LogP contribution in [-0.4, -0.2) is 57.0 Å². The van der Waals surface area contributed by atoms with E-state index in [2.05, 4.69) is 27.2 Å². The second kappa shape index (κ2) is 7.77. The number of likely N-dealkylation sites (tertiary alicyclic amines) is 1. The molecule has 2 rings (SSSR count). The van der Waals surface area contributed by atoms with Crippen LogP contribution < -0.4 is 5.32 Å². The number of hydrogen-bond acceptors (Lipinski definition) is 5. The van der Waals surface area contributed by atoms with Crippen molar-refractivity contribution in [3.8, 4) is 0 Å². The van der Waals surface area contributed by atoms with E-state index in [-0.39, 0.29) is 12.1 Å². The predicted molar refractivity (Wildman–Crippen MR) is 88.0 cm³/mol. The van der Waals surface area contributed by atoms with E-state index < -0.39 is 5.60 Å². The van der Waals surface area contributed by atoms with Gasteiger partial charge in [-0.2, -0.15) is 5.10 Å². The lowest BCUT2D eigenvalue weighted by Crippen LogP contribution is -2.47. The Kier molecular flexibility index (Phi) is 5.98. The van der Waals surface area contributed by atoms with Crippen LogP contribution in [0.2, 0.25) is 0 Å². The number of rotatable bonds is 5. The smallest absolute Gasteiger partial charge is 0.407 e. The van der Waals surface area contributed by atoms with Gasteiger partial charge in [-0.25, -0.2) is 9.78 Å². The fourth-order valence-corrected chi connectivity index (χ4v) is 2.91. The SMILES string of the molecule is C[C@@H](NC(=O)OC(C)(C)C)[C@@H]1CCCN(CCn2cncn2)C1. The molecule has 1 aromatic heterocycles. The first-order valence-electron chi connectivity index (χ1n) is 8.38. The summed E-state index contributed by atoms with van der Waals surface area (Å²) in [6, 6.07) is 0.110. The Morgan fingerprint density at radius 3 is 2.87 bits per heavy atom. The molecule has 1 N–H and O–H groups in total. The molecule has 0 aliphatic carbocycles. The van der Waals surface area contributed by atoms with Crippen molar-refractivity contribution in [1.29, 1.82) is 0 Å². The summed E-state index contributed by atoms with van der Waals surface area (Å²) in [6.07, 6.45) is 5.27. The molecule has 0 spiro atoms. The van der Waals surface area contributed by atoms with Gasteiger partial charge in [0.2, 0.25) is 0 Å². The van der Waals surface area contributed by atoms with E-state index in [1.807, 2.05) is 25.5 Å². The zero-order valence-electron chi connectivity index (χ0n) is 14.7. The predicted octanol–water partition coefficient (Wildman–Crippen LogP) is 1.90. The molecule has 130 valence electrons. The third kappa shape index (κ3) is 6.17. The molecule has 1 fully saturated rings. The Morgan fingerprint density at radius 1 is 1.43 bits per heavy atom. The molecule has 0 aromatic carbocycles. The maximum atomic E-state index is 11.9. The number of ether oxygens (including phenoxy) is 1. The lowest BCUT2D eigenvalue weighted by Gasteiger charge is -2.36. The summed E-state index contributed by atoms with van der Waals surface area (Å²) in [7, 11) is 0. The normalized spacial score (nSPS) is 21.0. The van der Waals surface area contributed by atoms with Gasteiger partial charge in [-0.15, -0.1) is 0 Å². The standard InChI is InChI=1S/C16H29N5O2/c1-13(19-15(22)23-16(2,3)4)14-6-5-7-20(10-14)8-9-21-12-17-11-18-21/h11-14H,5-10H2,1-4H3,(H,19,22)/t13-,14-/m1/s1. The lowest BCUT2D eigenvalue weighted by molar-refractivity contribution is 0.0467. The summed E-state index contributed by atoms with van der Waals surface area (Å²) < 4.78 is 7.19. The first-order valence-corrected chi connectivity index (χ1v) is 8.38. The van der Waals surface area contributed by atoms with E-state index in [4.69, 9.17) is 4.74 Å². The Labute approximate surface area is 138 Å². The van der Waals surface area contributed by atoms with Crippen LogP contribution in [0.15, 0.2) is 12.7 Å². The molecule has 7 nitrogen and oxygen atoms in total. The van der Waals surface area contributed by atoms with Crippen LogP contribution in [0.25, 0.3) is 0 Å². The summed E-state index contributed by atoms with van der Waals surface area (Å²) in [5.41, 5.74) is -0.458. The molecule has 1 aromatic rings. The van der Waals surface area contributed by atoms with Crippen LogP contribution in [0.5, 0.6) is 0 Å².